The van der Waals surface area contributed by atoms with E-state index in [0.717, 1.165) is 12.8 Å². The van der Waals surface area contributed by atoms with E-state index in [1.807, 2.05) is 0 Å². The first-order chi connectivity index (χ1) is 7.32. The maximum absolute atomic E-state index is 11.9. The van der Waals surface area contributed by atoms with Crippen LogP contribution >= 0.6 is 0 Å². The molecule has 3 heteroatoms. The van der Waals surface area contributed by atoms with Gasteiger partial charge in [-0.15, -0.1) is 0 Å². The van der Waals surface area contributed by atoms with E-state index in [0.29, 0.717) is 24.4 Å². The molecule has 0 saturated heterocycles. The molecule has 0 atom stereocenters. The molecule has 0 aromatic heterocycles. The summed E-state index contributed by atoms with van der Waals surface area (Å²) in [4.78, 5) is 11.9. The molecular formula is C14H32GeO2. The van der Waals surface area contributed by atoms with E-state index in [4.69, 9.17) is 4.74 Å². The predicted molar refractivity (Wildman–Crippen MR) is 79.5 cm³/mol. The third-order valence-electron chi connectivity index (χ3n) is 2.40. The van der Waals surface area contributed by atoms with E-state index in [1.165, 1.54) is 0 Å². The molecule has 0 radical (unpaired) electrons. The molecular weight excluding hydrogens is 273 g/mol. The fourth-order valence-electron chi connectivity index (χ4n) is 1.79. The van der Waals surface area contributed by atoms with Crippen LogP contribution in [0.2, 0.25) is 0 Å². The molecule has 0 aliphatic carbocycles. The molecule has 0 rings (SSSR count). The van der Waals surface area contributed by atoms with Crippen molar-refractivity contribution in [1.82, 2.24) is 0 Å². The van der Waals surface area contributed by atoms with Crippen LogP contribution in [0.5, 0.6) is 0 Å². The summed E-state index contributed by atoms with van der Waals surface area (Å²) in [5, 5.41) is 0. The molecule has 0 aliphatic heterocycles. The van der Waals surface area contributed by atoms with Crippen LogP contribution in [0.4, 0.5) is 0 Å². The minimum atomic E-state index is -0.00361. The van der Waals surface area contributed by atoms with Gasteiger partial charge in [-0.05, 0) is 30.6 Å². The third-order valence-corrected chi connectivity index (χ3v) is 2.40. The Kier molecular flexibility index (Phi) is 11.4. The van der Waals surface area contributed by atoms with Gasteiger partial charge in [0.25, 0.3) is 0 Å². The molecule has 0 saturated carbocycles. The quantitative estimate of drug-likeness (QED) is 0.533. The molecule has 0 aromatic rings. The van der Waals surface area contributed by atoms with Gasteiger partial charge in [-0.25, -0.2) is 0 Å². The number of rotatable bonds is 7. The molecule has 0 amide bonds. The van der Waals surface area contributed by atoms with Crippen LogP contribution in [0.1, 0.15) is 54.4 Å². The van der Waals surface area contributed by atoms with Crippen molar-refractivity contribution in [1.29, 1.82) is 0 Å². The number of ether oxygens (including phenoxy) is 1. The summed E-state index contributed by atoms with van der Waals surface area (Å²) in [6.45, 7) is 13.3. The van der Waals surface area contributed by atoms with Crippen LogP contribution in [-0.2, 0) is 9.53 Å². The molecule has 0 aliphatic rings. The fraction of sp³-hybridized carbons (Fsp3) is 0.929. The first kappa shape index (κ1) is 19.4. The van der Waals surface area contributed by atoms with E-state index in [2.05, 4.69) is 41.5 Å². The van der Waals surface area contributed by atoms with Crippen molar-refractivity contribution < 1.29 is 9.53 Å². The van der Waals surface area contributed by atoms with Gasteiger partial charge in [0.2, 0.25) is 0 Å². The molecule has 0 unspecified atom stereocenters. The molecule has 0 aromatic carbocycles. The normalized spacial score (nSPS) is 11.2. The van der Waals surface area contributed by atoms with Crippen LogP contribution < -0.4 is 0 Å². The van der Waals surface area contributed by atoms with Crippen molar-refractivity contribution in [2.75, 3.05) is 6.61 Å². The SMILES string of the molecule is CC(C)COC(=O)C(CC(C)C)CC(C)C.[GeH4]. The Morgan fingerprint density at radius 2 is 1.29 bits per heavy atom. The van der Waals surface area contributed by atoms with Gasteiger partial charge in [-0.3, -0.25) is 4.79 Å². The number of hydrogen-bond acceptors (Lipinski definition) is 2. The predicted octanol–water partition coefficient (Wildman–Crippen LogP) is 2.44. The van der Waals surface area contributed by atoms with Gasteiger partial charge in [-0.2, -0.15) is 0 Å². The Labute approximate surface area is 118 Å². The molecule has 0 heterocycles. The van der Waals surface area contributed by atoms with Gasteiger partial charge in [0, 0.05) is 0 Å². The van der Waals surface area contributed by atoms with Crippen LogP contribution in [0, 0.1) is 23.7 Å². The second-order valence-corrected chi connectivity index (χ2v) is 5.98. The number of carbonyl (C=O) groups is 1. The Bertz CT molecular complexity index is 190. The summed E-state index contributed by atoms with van der Waals surface area (Å²) < 4.78 is 5.33. The maximum atomic E-state index is 11.9. The van der Waals surface area contributed by atoms with Gasteiger partial charge >= 0.3 is 23.6 Å². The molecule has 104 valence electrons. The first-order valence-corrected chi connectivity index (χ1v) is 6.49. The average molecular weight is 305 g/mol. The van der Waals surface area contributed by atoms with Crippen molar-refractivity contribution in [2.45, 2.75) is 54.4 Å². The first-order valence-electron chi connectivity index (χ1n) is 6.49. The molecule has 2 nitrogen and oxygen atoms in total. The van der Waals surface area contributed by atoms with Gasteiger partial charge in [0.1, 0.15) is 0 Å². The van der Waals surface area contributed by atoms with E-state index in [9.17, 15) is 4.79 Å². The Hall–Kier alpha value is 0.0129. The van der Waals surface area contributed by atoms with Crippen molar-refractivity contribution in [3.8, 4) is 0 Å². The molecule has 0 spiro atoms. The monoisotopic (exact) mass is 306 g/mol. The summed E-state index contributed by atoms with van der Waals surface area (Å²) >= 11 is 0. The van der Waals surface area contributed by atoms with Gasteiger partial charge in [0.15, 0.2) is 0 Å². The second kappa shape index (κ2) is 9.98. The number of carbonyl (C=O) groups excluding carboxylic acids is 1. The van der Waals surface area contributed by atoms with Crippen LogP contribution in [-0.4, -0.2) is 30.2 Å². The summed E-state index contributed by atoms with van der Waals surface area (Å²) in [5.41, 5.74) is 0. The van der Waals surface area contributed by atoms with Crippen LogP contribution in [0.3, 0.4) is 0 Å². The van der Waals surface area contributed by atoms with Crippen molar-refractivity contribution >= 4 is 23.6 Å². The second-order valence-electron chi connectivity index (χ2n) is 5.98. The zero-order chi connectivity index (χ0) is 12.7. The summed E-state index contributed by atoms with van der Waals surface area (Å²) in [6.07, 6.45) is 1.88. The minimum absolute atomic E-state index is 0. The Morgan fingerprint density at radius 1 is 0.882 bits per heavy atom. The van der Waals surface area contributed by atoms with Crippen LogP contribution in [0.15, 0.2) is 0 Å². The van der Waals surface area contributed by atoms with Crippen molar-refractivity contribution in [3.63, 3.8) is 0 Å². The molecule has 0 fully saturated rings. The van der Waals surface area contributed by atoms with E-state index < -0.39 is 0 Å². The summed E-state index contributed by atoms with van der Waals surface area (Å²) in [6, 6.07) is 0. The Morgan fingerprint density at radius 3 is 1.59 bits per heavy atom. The molecule has 17 heavy (non-hydrogen) atoms. The van der Waals surface area contributed by atoms with Gasteiger partial charge < -0.3 is 4.74 Å². The van der Waals surface area contributed by atoms with E-state index in [1.54, 1.807) is 0 Å². The average Bonchev–Trinajstić information content (AvgIpc) is 2.11. The van der Waals surface area contributed by atoms with E-state index >= 15 is 0 Å². The van der Waals surface area contributed by atoms with Gasteiger partial charge in [-0.1, -0.05) is 41.5 Å². The van der Waals surface area contributed by atoms with Crippen molar-refractivity contribution in [3.05, 3.63) is 0 Å². The standard InChI is InChI=1S/C14H28O2.GeH4/c1-10(2)7-13(8-11(3)4)14(15)16-9-12(5)6;/h10-13H,7-9H2,1-6H3;1H4. The van der Waals surface area contributed by atoms with Crippen molar-refractivity contribution in [2.24, 2.45) is 23.7 Å². The van der Waals surface area contributed by atoms with E-state index in [-0.39, 0.29) is 29.5 Å². The summed E-state index contributed by atoms with van der Waals surface area (Å²) in [5.74, 6) is 1.60. The molecule has 0 bridgehead atoms. The zero-order valence-electron chi connectivity index (χ0n) is 11.7. The third kappa shape index (κ3) is 10.9. The zero-order valence-corrected chi connectivity index (χ0v) is 11.7. The van der Waals surface area contributed by atoms with Gasteiger partial charge in [0.05, 0.1) is 12.5 Å². The van der Waals surface area contributed by atoms with Crippen LogP contribution in [0.25, 0.3) is 0 Å². The topological polar surface area (TPSA) is 26.3 Å². The number of esters is 1. The summed E-state index contributed by atoms with van der Waals surface area (Å²) in [7, 11) is 0. The molecule has 0 N–H and O–H groups in total. The number of hydrogen-bond donors (Lipinski definition) is 0. The Balaban J connectivity index is 0. The fourth-order valence-corrected chi connectivity index (χ4v) is 1.79.